The minimum atomic E-state index is -3.55. The van der Waals surface area contributed by atoms with E-state index in [1.54, 1.807) is 41.3 Å². The molecule has 1 saturated carbocycles. The molecule has 41 heavy (non-hydrogen) atoms. The van der Waals surface area contributed by atoms with Crippen LogP contribution in [0.1, 0.15) is 55.7 Å². The van der Waals surface area contributed by atoms with Crippen LogP contribution in [-0.2, 0) is 39.0 Å². The number of hydrogen-bond acceptors (Lipinski definition) is 4. The van der Waals surface area contributed by atoms with Crippen LogP contribution in [0.15, 0.2) is 83.8 Å². The topological polar surface area (TPSA) is 95.6 Å². The highest BCUT2D eigenvalue weighted by atomic mass is 32.2. The summed E-state index contributed by atoms with van der Waals surface area (Å²) in [6.45, 7) is 2.72. The Bertz CT molecular complexity index is 1390. The van der Waals surface area contributed by atoms with E-state index in [-0.39, 0.29) is 41.5 Å². The lowest BCUT2D eigenvalue weighted by molar-refractivity contribution is -0.141. The molecule has 4 rings (SSSR count). The molecule has 0 spiro atoms. The SMILES string of the molecule is CCCCNC(=O)[C@@H](Cc1ccccc1)N(Cc1ccc(F)cc1)C(=O)CCc1ccc(S(=O)(=O)NC2CC2)cc1. The highest BCUT2D eigenvalue weighted by molar-refractivity contribution is 7.89. The number of sulfonamides is 1. The number of nitrogens with zero attached hydrogens (tertiary/aromatic N) is 1. The van der Waals surface area contributed by atoms with Crippen LogP contribution >= 0.6 is 0 Å². The first-order chi connectivity index (χ1) is 19.7. The van der Waals surface area contributed by atoms with Crippen LogP contribution in [-0.4, -0.2) is 43.8 Å². The Morgan fingerprint density at radius 2 is 1.59 bits per heavy atom. The zero-order valence-electron chi connectivity index (χ0n) is 23.4. The van der Waals surface area contributed by atoms with Gasteiger partial charge in [0.2, 0.25) is 21.8 Å². The monoisotopic (exact) mass is 579 g/mol. The summed E-state index contributed by atoms with van der Waals surface area (Å²) in [5.74, 6) is -0.814. The molecular formula is C32H38FN3O4S. The van der Waals surface area contributed by atoms with Crippen LogP contribution in [0.5, 0.6) is 0 Å². The van der Waals surface area contributed by atoms with Crippen molar-refractivity contribution in [2.45, 2.75) is 75.4 Å². The lowest BCUT2D eigenvalue weighted by atomic mass is 10.0. The zero-order chi connectivity index (χ0) is 29.2. The molecule has 3 aromatic rings. The number of amides is 2. The molecule has 0 bridgehead atoms. The van der Waals surface area contributed by atoms with E-state index < -0.39 is 16.1 Å². The van der Waals surface area contributed by atoms with Gasteiger partial charge in [0.05, 0.1) is 4.90 Å². The zero-order valence-corrected chi connectivity index (χ0v) is 24.2. The lowest BCUT2D eigenvalue weighted by Gasteiger charge is -2.31. The molecule has 0 radical (unpaired) electrons. The van der Waals surface area contributed by atoms with Gasteiger partial charge in [-0.25, -0.2) is 17.5 Å². The predicted molar refractivity (Wildman–Crippen MR) is 157 cm³/mol. The van der Waals surface area contributed by atoms with E-state index >= 15 is 0 Å². The Balaban J connectivity index is 1.53. The summed E-state index contributed by atoms with van der Waals surface area (Å²) < 4.78 is 41.3. The number of rotatable bonds is 15. The van der Waals surface area contributed by atoms with Gasteiger partial charge in [-0.2, -0.15) is 0 Å². The second kappa shape index (κ2) is 14.4. The quantitative estimate of drug-likeness (QED) is 0.254. The van der Waals surface area contributed by atoms with Crippen molar-refractivity contribution in [1.29, 1.82) is 0 Å². The van der Waals surface area contributed by atoms with Gasteiger partial charge in [-0.1, -0.05) is 67.9 Å². The molecule has 0 unspecified atom stereocenters. The van der Waals surface area contributed by atoms with E-state index in [4.69, 9.17) is 0 Å². The van der Waals surface area contributed by atoms with Crippen molar-refractivity contribution in [3.8, 4) is 0 Å². The normalized spacial score (nSPS) is 13.9. The fourth-order valence-corrected chi connectivity index (χ4v) is 5.87. The highest BCUT2D eigenvalue weighted by Gasteiger charge is 2.30. The number of carbonyl (C=O) groups excluding carboxylic acids is 2. The third kappa shape index (κ3) is 9.23. The maximum atomic E-state index is 13.8. The smallest absolute Gasteiger partial charge is 0.243 e. The molecule has 1 aliphatic rings. The fourth-order valence-electron chi connectivity index (χ4n) is 4.57. The van der Waals surface area contributed by atoms with Gasteiger partial charge in [-0.15, -0.1) is 0 Å². The molecule has 1 fully saturated rings. The molecule has 1 atom stereocenters. The van der Waals surface area contributed by atoms with Gasteiger partial charge < -0.3 is 10.2 Å². The Hall–Kier alpha value is -3.56. The highest BCUT2D eigenvalue weighted by Crippen LogP contribution is 2.23. The summed E-state index contributed by atoms with van der Waals surface area (Å²) in [6, 6.07) is 21.3. The van der Waals surface area contributed by atoms with Gasteiger partial charge >= 0.3 is 0 Å². The Morgan fingerprint density at radius 1 is 0.927 bits per heavy atom. The summed E-state index contributed by atoms with van der Waals surface area (Å²) in [6.07, 6.45) is 4.32. The first-order valence-corrected chi connectivity index (χ1v) is 15.7. The first kappa shape index (κ1) is 30.4. The maximum Gasteiger partial charge on any atom is 0.243 e. The van der Waals surface area contributed by atoms with E-state index in [2.05, 4.69) is 10.0 Å². The van der Waals surface area contributed by atoms with E-state index in [1.807, 2.05) is 37.3 Å². The van der Waals surface area contributed by atoms with Gasteiger partial charge in [0.15, 0.2) is 0 Å². The third-order valence-electron chi connectivity index (χ3n) is 7.13. The van der Waals surface area contributed by atoms with Gasteiger partial charge in [-0.05, 0) is 66.6 Å². The predicted octanol–water partition coefficient (Wildman–Crippen LogP) is 4.76. The standard InChI is InChI=1S/C32H38FN3O4S/c1-2-3-21-34-32(38)30(22-25-7-5-4-6-8-25)36(23-26-9-14-27(33)15-10-26)31(37)20-13-24-11-18-29(19-12-24)41(39,40)35-28-16-17-28/h4-12,14-15,18-19,28,30,35H,2-3,13,16-17,20-23H2,1H3,(H,34,38)/t30-/m1/s1. The molecule has 0 saturated heterocycles. The number of unbranched alkanes of at least 4 members (excludes halogenated alkanes) is 1. The molecule has 3 aromatic carbocycles. The molecule has 0 aliphatic heterocycles. The Morgan fingerprint density at radius 3 is 2.22 bits per heavy atom. The molecule has 9 heteroatoms. The molecule has 0 heterocycles. The van der Waals surface area contributed by atoms with Crippen LogP contribution in [0.4, 0.5) is 4.39 Å². The van der Waals surface area contributed by atoms with Gasteiger partial charge in [0.1, 0.15) is 11.9 Å². The molecule has 0 aromatic heterocycles. The van der Waals surface area contributed by atoms with E-state index in [9.17, 15) is 22.4 Å². The number of aryl methyl sites for hydroxylation is 1. The molecule has 218 valence electrons. The summed E-state index contributed by atoms with van der Waals surface area (Å²) in [5, 5.41) is 2.99. The Labute approximate surface area is 242 Å². The largest absolute Gasteiger partial charge is 0.354 e. The average Bonchev–Trinajstić information content (AvgIpc) is 3.79. The minimum absolute atomic E-state index is 0.0207. The molecular weight excluding hydrogens is 541 g/mol. The fraction of sp³-hybridized carbons (Fsp3) is 0.375. The second-order valence-corrected chi connectivity index (χ2v) is 12.3. The van der Waals surface area contributed by atoms with Gasteiger partial charge in [-0.3, -0.25) is 9.59 Å². The van der Waals surface area contributed by atoms with Crippen LogP contribution in [0.2, 0.25) is 0 Å². The molecule has 2 N–H and O–H groups in total. The number of carbonyl (C=O) groups is 2. The van der Waals surface area contributed by atoms with Crippen molar-refractivity contribution >= 4 is 21.8 Å². The van der Waals surface area contributed by atoms with Crippen LogP contribution in [0, 0.1) is 5.82 Å². The van der Waals surface area contributed by atoms with Crippen molar-refractivity contribution < 1.29 is 22.4 Å². The number of hydrogen-bond donors (Lipinski definition) is 2. The minimum Gasteiger partial charge on any atom is -0.354 e. The molecule has 7 nitrogen and oxygen atoms in total. The maximum absolute atomic E-state index is 13.8. The number of halogens is 1. The van der Waals surface area contributed by atoms with Crippen LogP contribution < -0.4 is 10.0 Å². The van der Waals surface area contributed by atoms with Crippen LogP contribution in [0.3, 0.4) is 0 Å². The van der Waals surface area contributed by atoms with Crippen molar-refractivity contribution in [3.05, 3.63) is 101 Å². The first-order valence-electron chi connectivity index (χ1n) is 14.2. The summed E-state index contributed by atoms with van der Waals surface area (Å²) in [5.41, 5.74) is 2.46. The molecule has 2 amide bonds. The summed E-state index contributed by atoms with van der Waals surface area (Å²) in [4.78, 5) is 29.0. The molecule has 1 aliphatic carbocycles. The Kier molecular flexibility index (Phi) is 10.7. The van der Waals surface area contributed by atoms with Gasteiger partial charge in [0, 0.05) is 32.0 Å². The van der Waals surface area contributed by atoms with Crippen molar-refractivity contribution in [3.63, 3.8) is 0 Å². The van der Waals surface area contributed by atoms with Crippen LogP contribution in [0.25, 0.3) is 0 Å². The number of nitrogens with one attached hydrogen (secondary N) is 2. The second-order valence-electron chi connectivity index (χ2n) is 10.5. The summed E-state index contributed by atoms with van der Waals surface area (Å²) >= 11 is 0. The lowest BCUT2D eigenvalue weighted by Crippen LogP contribution is -2.50. The van der Waals surface area contributed by atoms with E-state index in [0.29, 0.717) is 19.4 Å². The van der Waals surface area contributed by atoms with Crippen molar-refractivity contribution in [1.82, 2.24) is 14.9 Å². The third-order valence-corrected chi connectivity index (χ3v) is 8.66. The summed E-state index contributed by atoms with van der Waals surface area (Å²) in [7, 11) is -3.55. The van der Waals surface area contributed by atoms with Gasteiger partial charge in [0.25, 0.3) is 0 Å². The van der Waals surface area contributed by atoms with Crippen molar-refractivity contribution in [2.24, 2.45) is 0 Å². The van der Waals surface area contributed by atoms with E-state index in [0.717, 1.165) is 42.4 Å². The number of benzene rings is 3. The average molecular weight is 580 g/mol. The van der Waals surface area contributed by atoms with Crippen molar-refractivity contribution in [2.75, 3.05) is 6.54 Å². The van der Waals surface area contributed by atoms with E-state index in [1.165, 1.54) is 12.1 Å².